The number of nitrogens with zero attached hydrogens (tertiary/aromatic N) is 1. The van der Waals surface area contributed by atoms with E-state index in [1.165, 1.54) is 19.1 Å². The van der Waals surface area contributed by atoms with E-state index in [0.29, 0.717) is 23.5 Å². The molecule has 0 spiro atoms. The summed E-state index contributed by atoms with van der Waals surface area (Å²) in [6.07, 6.45) is 0.334. The SMILES string of the molecule is CC(=O)c1cccc(S(=O)(=O)NCCc2nc3ccccc3o2)c1. The van der Waals surface area contributed by atoms with Gasteiger partial charge in [0.2, 0.25) is 10.0 Å². The first-order chi connectivity index (χ1) is 11.5. The molecule has 1 N–H and O–H groups in total. The zero-order valence-corrected chi connectivity index (χ0v) is 13.8. The highest BCUT2D eigenvalue weighted by Gasteiger charge is 2.15. The first kappa shape index (κ1) is 16.4. The maximum absolute atomic E-state index is 12.3. The molecule has 24 heavy (non-hydrogen) atoms. The van der Waals surface area contributed by atoms with Crippen molar-refractivity contribution >= 4 is 26.9 Å². The molecule has 0 bridgehead atoms. The first-order valence-corrected chi connectivity index (χ1v) is 8.89. The molecule has 6 nitrogen and oxygen atoms in total. The van der Waals surface area contributed by atoms with Gasteiger partial charge in [-0.15, -0.1) is 0 Å². The smallest absolute Gasteiger partial charge is 0.240 e. The maximum Gasteiger partial charge on any atom is 0.240 e. The molecule has 3 rings (SSSR count). The summed E-state index contributed by atoms with van der Waals surface area (Å²) >= 11 is 0. The van der Waals surface area contributed by atoms with E-state index in [-0.39, 0.29) is 17.2 Å². The third-order valence-corrected chi connectivity index (χ3v) is 4.98. The Morgan fingerprint density at radius 1 is 1.17 bits per heavy atom. The molecule has 0 saturated carbocycles. The molecule has 1 heterocycles. The average Bonchev–Trinajstić information content (AvgIpc) is 2.97. The summed E-state index contributed by atoms with van der Waals surface area (Å²) < 4.78 is 32.6. The van der Waals surface area contributed by atoms with E-state index in [1.807, 2.05) is 24.3 Å². The number of hydrogen-bond donors (Lipinski definition) is 1. The van der Waals surface area contributed by atoms with Crippen LogP contribution in [0.3, 0.4) is 0 Å². The van der Waals surface area contributed by atoms with E-state index >= 15 is 0 Å². The van der Waals surface area contributed by atoms with Crippen LogP contribution in [0.1, 0.15) is 23.2 Å². The molecule has 0 fully saturated rings. The minimum absolute atomic E-state index is 0.0627. The number of hydrogen-bond acceptors (Lipinski definition) is 5. The van der Waals surface area contributed by atoms with Crippen molar-refractivity contribution in [3.05, 3.63) is 60.0 Å². The lowest BCUT2D eigenvalue weighted by atomic mass is 10.2. The van der Waals surface area contributed by atoms with Gasteiger partial charge in [-0.05, 0) is 31.2 Å². The molecule has 3 aromatic rings. The van der Waals surface area contributed by atoms with Crippen LogP contribution in [0.25, 0.3) is 11.1 Å². The lowest BCUT2D eigenvalue weighted by Gasteiger charge is -2.06. The van der Waals surface area contributed by atoms with Crippen molar-refractivity contribution in [2.75, 3.05) is 6.54 Å². The third-order valence-electron chi connectivity index (χ3n) is 3.52. The van der Waals surface area contributed by atoms with Crippen LogP contribution in [0.15, 0.2) is 57.8 Å². The number of nitrogens with one attached hydrogen (secondary N) is 1. The van der Waals surface area contributed by atoms with Gasteiger partial charge < -0.3 is 4.42 Å². The molecule has 0 amide bonds. The summed E-state index contributed by atoms with van der Waals surface area (Å²) in [7, 11) is -3.69. The van der Waals surface area contributed by atoms with Crippen molar-refractivity contribution in [3.8, 4) is 0 Å². The van der Waals surface area contributed by atoms with Gasteiger partial charge in [0, 0.05) is 18.5 Å². The summed E-state index contributed by atoms with van der Waals surface area (Å²) in [6, 6.07) is 13.3. The number of carbonyl (C=O) groups excluding carboxylic acids is 1. The molecule has 0 atom stereocenters. The number of oxazole rings is 1. The molecule has 1 aromatic heterocycles. The van der Waals surface area contributed by atoms with Crippen molar-refractivity contribution < 1.29 is 17.6 Å². The number of benzene rings is 2. The number of rotatable bonds is 6. The van der Waals surface area contributed by atoms with Gasteiger partial charge in [0.25, 0.3) is 0 Å². The Hall–Kier alpha value is -2.51. The minimum atomic E-state index is -3.69. The summed E-state index contributed by atoms with van der Waals surface area (Å²) in [6.45, 7) is 1.55. The van der Waals surface area contributed by atoms with Gasteiger partial charge in [0.15, 0.2) is 17.3 Å². The first-order valence-electron chi connectivity index (χ1n) is 7.41. The van der Waals surface area contributed by atoms with E-state index in [0.717, 1.165) is 5.52 Å². The molecule has 0 aliphatic carbocycles. The number of Topliss-reactive ketones (excluding diaryl/α,β-unsaturated/α-hetero) is 1. The summed E-state index contributed by atoms with van der Waals surface area (Å²) in [4.78, 5) is 15.7. The molecular weight excluding hydrogens is 328 g/mol. The fraction of sp³-hybridized carbons (Fsp3) is 0.176. The van der Waals surface area contributed by atoms with Crippen molar-refractivity contribution in [2.45, 2.75) is 18.2 Å². The number of sulfonamides is 1. The van der Waals surface area contributed by atoms with Crippen LogP contribution < -0.4 is 4.72 Å². The van der Waals surface area contributed by atoms with Crippen LogP contribution >= 0.6 is 0 Å². The van der Waals surface area contributed by atoms with Crippen molar-refractivity contribution in [1.29, 1.82) is 0 Å². The lowest BCUT2D eigenvalue weighted by molar-refractivity contribution is 0.101. The quantitative estimate of drug-likeness (QED) is 0.694. The van der Waals surface area contributed by atoms with Crippen LogP contribution in [0.5, 0.6) is 0 Å². The maximum atomic E-state index is 12.3. The minimum Gasteiger partial charge on any atom is -0.441 e. The Morgan fingerprint density at radius 3 is 2.71 bits per heavy atom. The zero-order valence-electron chi connectivity index (χ0n) is 13.0. The molecule has 2 aromatic carbocycles. The molecule has 0 aliphatic heterocycles. The normalized spacial score (nSPS) is 11.7. The Morgan fingerprint density at radius 2 is 1.96 bits per heavy atom. The number of carbonyl (C=O) groups is 1. The Balaban J connectivity index is 1.69. The van der Waals surface area contributed by atoms with Gasteiger partial charge in [-0.3, -0.25) is 4.79 Å². The molecule has 124 valence electrons. The monoisotopic (exact) mass is 344 g/mol. The molecule has 0 aliphatic rings. The predicted octanol–water partition coefficient (Wildman–Crippen LogP) is 2.55. The zero-order chi connectivity index (χ0) is 17.2. The van der Waals surface area contributed by atoms with Gasteiger partial charge in [-0.25, -0.2) is 18.1 Å². The van der Waals surface area contributed by atoms with Crippen LogP contribution in [0.4, 0.5) is 0 Å². The highest BCUT2D eigenvalue weighted by molar-refractivity contribution is 7.89. The van der Waals surface area contributed by atoms with Gasteiger partial charge in [0.1, 0.15) is 5.52 Å². The highest BCUT2D eigenvalue weighted by atomic mass is 32.2. The fourth-order valence-electron chi connectivity index (χ4n) is 2.28. The van der Waals surface area contributed by atoms with Gasteiger partial charge in [0.05, 0.1) is 4.90 Å². The van der Waals surface area contributed by atoms with Crippen LogP contribution in [-0.2, 0) is 16.4 Å². The molecule has 0 radical (unpaired) electrons. The second-order valence-electron chi connectivity index (χ2n) is 5.31. The van der Waals surface area contributed by atoms with Gasteiger partial charge in [-0.2, -0.15) is 0 Å². The van der Waals surface area contributed by atoms with Crippen LogP contribution in [0.2, 0.25) is 0 Å². The largest absolute Gasteiger partial charge is 0.441 e. The van der Waals surface area contributed by atoms with Crippen LogP contribution in [-0.4, -0.2) is 25.7 Å². The molecule has 0 unspecified atom stereocenters. The van der Waals surface area contributed by atoms with E-state index in [9.17, 15) is 13.2 Å². The van der Waals surface area contributed by atoms with E-state index in [1.54, 1.807) is 12.1 Å². The molecular formula is C17H16N2O4S. The van der Waals surface area contributed by atoms with Crippen LogP contribution in [0, 0.1) is 0 Å². The number of ketones is 1. The Bertz CT molecular complexity index is 960. The third kappa shape index (κ3) is 3.52. The number of aromatic nitrogens is 1. The summed E-state index contributed by atoms with van der Waals surface area (Å²) in [5.41, 5.74) is 1.77. The second kappa shape index (κ2) is 6.54. The molecule has 7 heteroatoms. The topological polar surface area (TPSA) is 89.3 Å². The van der Waals surface area contributed by atoms with Crippen molar-refractivity contribution in [2.24, 2.45) is 0 Å². The highest BCUT2D eigenvalue weighted by Crippen LogP contribution is 2.15. The summed E-state index contributed by atoms with van der Waals surface area (Å²) in [5.74, 6) is 0.287. The number of para-hydroxylation sites is 2. The molecule has 0 saturated heterocycles. The average molecular weight is 344 g/mol. The lowest BCUT2D eigenvalue weighted by Crippen LogP contribution is -2.26. The number of fused-ring (bicyclic) bond motifs is 1. The standard InChI is InChI=1S/C17H16N2O4S/c1-12(20)13-5-4-6-14(11-13)24(21,22)18-10-9-17-19-15-7-2-3-8-16(15)23-17/h2-8,11,18H,9-10H2,1H3. The fourth-order valence-corrected chi connectivity index (χ4v) is 3.36. The van der Waals surface area contributed by atoms with Crippen molar-refractivity contribution in [1.82, 2.24) is 9.71 Å². The van der Waals surface area contributed by atoms with Crippen molar-refractivity contribution in [3.63, 3.8) is 0 Å². The van der Waals surface area contributed by atoms with E-state index < -0.39 is 10.0 Å². The Kier molecular flexibility index (Phi) is 4.46. The summed E-state index contributed by atoms with van der Waals surface area (Å²) in [5, 5.41) is 0. The second-order valence-corrected chi connectivity index (χ2v) is 7.07. The van der Waals surface area contributed by atoms with Gasteiger partial charge >= 0.3 is 0 Å². The van der Waals surface area contributed by atoms with E-state index in [4.69, 9.17) is 4.42 Å². The predicted molar refractivity (Wildman–Crippen MR) is 89.3 cm³/mol. The van der Waals surface area contributed by atoms with Gasteiger partial charge in [-0.1, -0.05) is 24.3 Å². The van der Waals surface area contributed by atoms with E-state index in [2.05, 4.69) is 9.71 Å². The Labute approximate surface area is 139 Å².